The van der Waals surface area contributed by atoms with E-state index < -0.39 is 31.2 Å². The maximum absolute atomic E-state index is 13.8. The monoisotopic (exact) mass is 395 g/mol. The summed E-state index contributed by atoms with van der Waals surface area (Å²) in [7, 11) is 0. The molecule has 3 heterocycles. The largest absolute Gasteiger partial charge is 0.394 e. The first-order valence-electron chi connectivity index (χ1n) is 5.77. The third-order valence-electron chi connectivity index (χ3n) is 3.16. The summed E-state index contributed by atoms with van der Waals surface area (Å²) in [5, 5.41) is 18.9. The highest BCUT2D eigenvalue weighted by molar-refractivity contribution is 14.1. The minimum Gasteiger partial charge on any atom is -0.394 e. The molecular formula is C10H11FIN5O3. The van der Waals surface area contributed by atoms with Gasteiger partial charge in [-0.3, -0.25) is 4.57 Å². The van der Waals surface area contributed by atoms with Crippen molar-refractivity contribution in [2.45, 2.75) is 24.6 Å². The zero-order valence-electron chi connectivity index (χ0n) is 10.0. The molecule has 108 valence electrons. The lowest BCUT2D eigenvalue weighted by molar-refractivity contribution is -0.0495. The number of hydrogen-bond acceptors (Lipinski definition) is 7. The molecule has 4 atom stereocenters. The molecule has 4 N–H and O–H groups in total. The zero-order valence-corrected chi connectivity index (χ0v) is 12.2. The predicted molar refractivity (Wildman–Crippen MR) is 74.4 cm³/mol. The molecule has 1 aliphatic heterocycles. The molecule has 3 rings (SSSR count). The van der Waals surface area contributed by atoms with Crippen LogP contribution >= 0.6 is 22.6 Å². The topological polar surface area (TPSA) is 119 Å². The molecule has 0 radical (unpaired) electrons. The second-order valence-electron chi connectivity index (χ2n) is 4.38. The highest BCUT2D eigenvalue weighted by atomic mass is 127. The molecule has 0 unspecified atom stereocenters. The summed E-state index contributed by atoms with van der Waals surface area (Å²) < 4.78 is 20.9. The number of halogens is 2. The first-order chi connectivity index (χ1) is 9.52. The van der Waals surface area contributed by atoms with Crippen molar-refractivity contribution in [1.82, 2.24) is 19.5 Å². The standard InChI is InChI=1S/C10H11FIN5O3/c11-4-3(1-18)20-9(6(4)19)17-2-14-5-7(13)15-10(12)16-8(5)17/h2-4,6,9,18-19H,1H2,(H2,13,15,16)/t3-,4-,6-,9-/m1/s1. The van der Waals surface area contributed by atoms with Gasteiger partial charge in [0.15, 0.2) is 27.7 Å². The number of aliphatic hydroxyl groups is 2. The number of hydrogen-bond donors (Lipinski definition) is 3. The summed E-state index contributed by atoms with van der Waals surface area (Å²) in [6, 6.07) is 0. The van der Waals surface area contributed by atoms with Gasteiger partial charge in [0.2, 0.25) is 0 Å². The number of ether oxygens (including phenoxy) is 1. The number of anilines is 1. The summed E-state index contributed by atoms with van der Waals surface area (Å²) in [6.07, 6.45) is -3.84. The van der Waals surface area contributed by atoms with E-state index in [1.54, 1.807) is 0 Å². The number of aromatic nitrogens is 4. The van der Waals surface area contributed by atoms with Gasteiger partial charge in [-0.25, -0.2) is 19.3 Å². The lowest BCUT2D eigenvalue weighted by atomic mass is 10.1. The molecular weight excluding hydrogens is 384 g/mol. The third kappa shape index (κ3) is 2.03. The predicted octanol–water partition coefficient (Wildman–Crippen LogP) is -0.398. The fourth-order valence-electron chi connectivity index (χ4n) is 2.18. The van der Waals surface area contributed by atoms with E-state index in [4.69, 9.17) is 15.6 Å². The van der Waals surface area contributed by atoms with E-state index in [9.17, 15) is 9.50 Å². The Morgan fingerprint density at radius 1 is 1.50 bits per heavy atom. The zero-order chi connectivity index (χ0) is 14.4. The van der Waals surface area contributed by atoms with Crippen molar-refractivity contribution >= 4 is 39.6 Å². The number of rotatable bonds is 2. The molecule has 0 aromatic carbocycles. The molecule has 10 heteroatoms. The number of aliphatic hydroxyl groups excluding tert-OH is 2. The van der Waals surface area contributed by atoms with Crippen LogP contribution < -0.4 is 5.73 Å². The van der Waals surface area contributed by atoms with Crippen LogP contribution in [0.1, 0.15) is 6.23 Å². The van der Waals surface area contributed by atoms with E-state index in [1.807, 2.05) is 22.6 Å². The van der Waals surface area contributed by atoms with Crippen LogP contribution in [0, 0.1) is 3.83 Å². The number of fused-ring (bicyclic) bond motifs is 1. The Bertz CT molecular complexity index is 653. The van der Waals surface area contributed by atoms with Crippen molar-refractivity contribution in [3.05, 3.63) is 10.2 Å². The normalized spacial score (nSPS) is 30.2. The molecule has 1 aliphatic rings. The minimum atomic E-state index is -1.68. The maximum Gasteiger partial charge on any atom is 0.194 e. The highest BCUT2D eigenvalue weighted by Gasteiger charge is 2.45. The number of imidazole rings is 1. The van der Waals surface area contributed by atoms with Gasteiger partial charge in [-0.2, -0.15) is 0 Å². The summed E-state index contributed by atoms with van der Waals surface area (Å²) in [5.41, 5.74) is 6.43. The van der Waals surface area contributed by atoms with Gasteiger partial charge in [0, 0.05) is 22.6 Å². The Morgan fingerprint density at radius 2 is 2.25 bits per heavy atom. The highest BCUT2D eigenvalue weighted by Crippen LogP contribution is 2.33. The van der Waals surface area contributed by atoms with Gasteiger partial charge in [-0.05, 0) is 0 Å². The summed E-state index contributed by atoms with van der Waals surface area (Å²) >= 11 is 1.89. The fourth-order valence-corrected chi connectivity index (χ4v) is 2.67. The van der Waals surface area contributed by atoms with Crippen LogP contribution in [0.4, 0.5) is 10.2 Å². The van der Waals surface area contributed by atoms with Gasteiger partial charge in [0.05, 0.1) is 12.9 Å². The van der Waals surface area contributed by atoms with Gasteiger partial charge in [0.1, 0.15) is 17.7 Å². The molecule has 1 fully saturated rings. The smallest absolute Gasteiger partial charge is 0.194 e. The van der Waals surface area contributed by atoms with Gasteiger partial charge >= 0.3 is 0 Å². The van der Waals surface area contributed by atoms with Crippen LogP contribution in [0.25, 0.3) is 11.2 Å². The van der Waals surface area contributed by atoms with Crippen molar-refractivity contribution in [2.24, 2.45) is 0 Å². The van der Waals surface area contributed by atoms with Crippen LogP contribution in [0.15, 0.2) is 6.33 Å². The Kier molecular flexibility index (Phi) is 3.48. The average Bonchev–Trinajstić information content (AvgIpc) is 2.93. The molecule has 0 spiro atoms. The second-order valence-corrected chi connectivity index (χ2v) is 5.35. The van der Waals surface area contributed by atoms with Gasteiger partial charge in [0.25, 0.3) is 0 Å². The van der Waals surface area contributed by atoms with Crippen molar-refractivity contribution in [3.8, 4) is 0 Å². The Balaban J connectivity index is 2.07. The lowest BCUT2D eigenvalue weighted by Crippen LogP contribution is -2.29. The van der Waals surface area contributed by atoms with Crippen molar-refractivity contribution in [3.63, 3.8) is 0 Å². The van der Waals surface area contributed by atoms with Crippen molar-refractivity contribution < 1.29 is 19.3 Å². The molecule has 8 nitrogen and oxygen atoms in total. The van der Waals surface area contributed by atoms with Crippen molar-refractivity contribution in [1.29, 1.82) is 0 Å². The van der Waals surface area contributed by atoms with Gasteiger partial charge in [-0.1, -0.05) is 0 Å². The summed E-state index contributed by atoms with van der Waals surface area (Å²) in [6.45, 7) is -0.518. The quantitative estimate of drug-likeness (QED) is 0.468. The number of nitrogens with two attached hydrogens (primary N) is 1. The first-order valence-corrected chi connectivity index (χ1v) is 6.84. The van der Waals surface area contributed by atoms with E-state index in [0.29, 0.717) is 15.0 Å². The molecule has 0 bridgehead atoms. The first kappa shape index (κ1) is 13.9. The lowest BCUT2D eigenvalue weighted by Gasteiger charge is -2.16. The third-order valence-corrected chi connectivity index (χ3v) is 3.65. The molecule has 2 aromatic rings. The second kappa shape index (κ2) is 5.02. The minimum absolute atomic E-state index is 0.196. The van der Waals surface area contributed by atoms with Crippen LogP contribution in [0.3, 0.4) is 0 Å². The Labute approximate surface area is 125 Å². The van der Waals surface area contributed by atoms with E-state index in [0.717, 1.165) is 0 Å². The summed E-state index contributed by atoms with van der Waals surface area (Å²) in [5.74, 6) is 0.196. The average molecular weight is 395 g/mol. The van der Waals surface area contributed by atoms with Crippen LogP contribution in [0.5, 0.6) is 0 Å². The van der Waals surface area contributed by atoms with Crippen LogP contribution in [0.2, 0.25) is 0 Å². The molecule has 0 saturated carbocycles. The van der Waals surface area contributed by atoms with Crippen molar-refractivity contribution in [2.75, 3.05) is 12.3 Å². The number of nitrogens with zero attached hydrogens (tertiary/aromatic N) is 4. The molecule has 0 aliphatic carbocycles. The van der Waals surface area contributed by atoms with E-state index in [2.05, 4.69) is 15.0 Å². The van der Waals surface area contributed by atoms with Gasteiger partial charge < -0.3 is 20.7 Å². The molecule has 2 aromatic heterocycles. The van der Waals surface area contributed by atoms with Crippen LogP contribution in [-0.4, -0.2) is 54.7 Å². The Morgan fingerprint density at radius 3 is 2.90 bits per heavy atom. The maximum atomic E-state index is 13.8. The van der Waals surface area contributed by atoms with E-state index in [1.165, 1.54) is 10.9 Å². The summed E-state index contributed by atoms with van der Waals surface area (Å²) in [4.78, 5) is 12.2. The molecule has 0 amide bonds. The molecule has 20 heavy (non-hydrogen) atoms. The number of nitrogen functional groups attached to an aromatic ring is 1. The fraction of sp³-hybridized carbons (Fsp3) is 0.500. The number of alkyl halides is 1. The Hall–Kier alpha value is -1.11. The van der Waals surface area contributed by atoms with E-state index >= 15 is 0 Å². The SMILES string of the molecule is Nc1nc(I)nc2c1ncn2[C@@H]1O[C@H](CO)[C@@H](F)[C@H]1O. The van der Waals surface area contributed by atoms with Crippen LogP contribution in [-0.2, 0) is 4.74 Å². The molecule has 1 saturated heterocycles. The van der Waals surface area contributed by atoms with Gasteiger partial charge in [-0.15, -0.1) is 0 Å². The van der Waals surface area contributed by atoms with E-state index in [-0.39, 0.29) is 5.82 Å².